The van der Waals surface area contributed by atoms with E-state index in [2.05, 4.69) is 0 Å². The average molecular weight is 197 g/mol. The van der Waals surface area contributed by atoms with Gasteiger partial charge in [-0.3, -0.25) is 4.79 Å². The van der Waals surface area contributed by atoms with Crippen molar-refractivity contribution in [2.45, 2.75) is 38.6 Å². The Balaban J connectivity index is 2.09. The van der Waals surface area contributed by atoms with Crippen molar-refractivity contribution in [3.8, 4) is 0 Å². The zero-order valence-electron chi connectivity index (χ0n) is 8.32. The minimum atomic E-state index is -0.861. The Morgan fingerprint density at radius 3 is 2.57 bits per heavy atom. The highest BCUT2D eigenvalue weighted by atomic mass is 16.4. The van der Waals surface area contributed by atoms with E-state index in [1.165, 1.54) is 0 Å². The van der Waals surface area contributed by atoms with Crippen molar-refractivity contribution in [3.05, 3.63) is 0 Å². The summed E-state index contributed by atoms with van der Waals surface area (Å²) in [5.41, 5.74) is -0.238. The van der Waals surface area contributed by atoms with Gasteiger partial charge in [0.05, 0.1) is 0 Å². The maximum atomic E-state index is 11.9. The Morgan fingerprint density at radius 1 is 1.43 bits per heavy atom. The van der Waals surface area contributed by atoms with Crippen LogP contribution in [0, 0.1) is 5.41 Å². The van der Waals surface area contributed by atoms with Crippen molar-refractivity contribution in [2.24, 2.45) is 5.41 Å². The molecule has 0 aromatic rings. The van der Waals surface area contributed by atoms with E-state index in [4.69, 9.17) is 5.11 Å². The molecule has 0 aromatic carbocycles. The van der Waals surface area contributed by atoms with Crippen molar-refractivity contribution < 1.29 is 14.7 Å². The van der Waals surface area contributed by atoms with Crippen LogP contribution in [-0.2, 0) is 9.59 Å². The van der Waals surface area contributed by atoms with Crippen molar-refractivity contribution >= 4 is 11.9 Å². The summed E-state index contributed by atoms with van der Waals surface area (Å²) in [6, 6.07) is -0.570. The molecule has 0 bridgehead atoms. The summed E-state index contributed by atoms with van der Waals surface area (Å²) in [4.78, 5) is 24.3. The van der Waals surface area contributed by atoms with E-state index in [1.807, 2.05) is 6.92 Å². The number of aliphatic carboxylic acids is 1. The van der Waals surface area contributed by atoms with Gasteiger partial charge in [0.1, 0.15) is 6.04 Å². The first-order chi connectivity index (χ1) is 6.54. The molecule has 1 aliphatic heterocycles. The highest BCUT2D eigenvalue weighted by molar-refractivity contribution is 5.89. The van der Waals surface area contributed by atoms with E-state index in [0.29, 0.717) is 13.0 Å². The van der Waals surface area contributed by atoms with Gasteiger partial charge in [-0.2, -0.15) is 0 Å². The van der Waals surface area contributed by atoms with Gasteiger partial charge >= 0.3 is 5.97 Å². The molecular formula is C10H15NO3. The van der Waals surface area contributed by atoms with Crippen LogP contribution in [0.3, 0.4) is 0 Å². The molecule has 1 N–H and O–H groups in total. The molecule has 2 fully saturated rings. The van der Waals surface area contributed by atoms with Gasteiger partial charge in [0.15, 0.2) is 0 Å². The highest BCUT2D eigenvalue weighted by Gasteiger charge is 2.50. The number of carbonyl (C=O) groups excluding carboxylic acids is 1. The molecule has 1 unspecified atom stereocenters. The van der Waals surface area contributed by atoms with Crippen molar-refractivity contribution in [2.75, 3.05) is 6.54 Å². The zero-order valence-corrected chi connectivity index (χ0v) is 8.32. The summed E-state index contributed by atoms with van der Waals surface area (Å²) in [6.45, 7) is 2.54. The quantitative estimate of drug-likeness (QED) is 0.714. The van der Waals surface area contributed by atoms with Gasteiger partial charge in [-0.15, -0.1) is 0 Å². The fourth-order valence-electron chi connectivity index (χ4n) is 2.01. The third-order valence-electron chi connectivity index (χ3n) is 3.32. The highest BCUT2D eigenvalue weighted by Crippen LogP contribution is 2.47. The lowest BCUT2D eigenvalue weighted by atomic mass is 10.1. The number of carboxylic acids is 1. The Morgan fingerprint density at radius 2 is 2.07 bits per heavy atom. The van der Waals surface area contributed by atoms with Crippen molar-refractivity contribution in [1.29, 1.82) is 0 Å². The SMILES string of the molecule is CC1(C(=O)N2CCCC2C(=O)O)CC1. The Bertz CT molecular complexity index is 283. The summed E-state index contributed by atoms with van der Waals surface area (Å²) in [7, 11) is 0. The molecule has 1 amide bonds. The van der Waals surface area contributed by atoms with Gasteiger partial charge in [0.25, 0.3) is 0 Å². The molecular weight excluding hydrogens is 182 g/mol. The summed E-state index contributed by atoms with van der Waals surface area (Å²) < 4.78 is 0. The molecule has 1 saturated heterocycles. The average Bonchev–Trinajstić information content (AvgIpc) is 2.69. The minimum Gasteiger partial charge on any atom is -0.480 e. The van der Waals surface area contributed by atoms with Crippen LogP contribution >= 0.6 is 0 Å². The predicted molar refractivity (Wildman–Crippen MR) is 49.7 cm³/mol. The van der Waals surface area contributed by atoms with E-state index in [1.54, 1.807) is 4.90 Å². The van der Waals surface area contributed by atoms with E-state index in [-0.39, 0.29) is 11.3 Å². The number of nitrogens with zero attached hydrogens (tertiary/aromatic N) is 1. The molecule has 78 valence electrons. The molecule has 4 nitrogen and oxygen atoms in total. The fraction of sp³-hybridized carbons (Fsp3) is 0.800. The lowest BCUT2D eigenvalue weighted by molar-refractivity contribution is -0.150. The molecule has 14 heavy (non-hydrogen) atoms. The van der Waals surface area contributed by atoms with Crippen LogP contribution < -0.4 is 0 Å². The van der Waals surface area contributed by atoms with Gasteiger partial charge in [-0.25, -0.2) is 4.79 Å². The first-order valence-electron chi connectivity index (χ1n) is 5.08. The molecule has 1 atom stereocenters. The molecule has 1 aliphatic carbocycles. The molecule has 1 saturated carbocycles. The topological polar surface area (TPSA) is 57.6 Å². The molecule has 2 aliphatic rings. The second-order valence-corrected chi connectivity index (χ2v) is 4.56. The maximum absolute atomic E-state index is 11.9. The van der Waals surface area contributed by atoms with Crippen LogP contribution in [0.2, 0.25) is 0 Å². The van der Waals surface area contributed by atoms with Crippen molar-refractivity contribution in [1.82, 2.24) is 4.90 Å². The first kappa shape index (κ1) is 9.49. The Kier molecular flexibility index (Phi) is 2.01. The Hall–Kier alpha value is -1.06. The largest absolute Gasteiger partial charge is 0.480 e. The predicted octanol–water partition coefficient (Wildman–Crippen LogP) is 0.862. The summed E-state index contributed by atoms with van der Waals surface area (Å²) >= 11 is 0. The first-order valence-corrected chi connectivity index (χ1v) is 5.08. The van der Waals surface area contributed by atoms with Crippen LogP contribution in [0.1, 0.15) is 32.6 Å². The second kappa shape index (κ2) is 2.97. The number of carbonyl (C=O) groups is 2. The monoisotopic (exact) mass is 197 g/mol. The van der Waals surface area contributed by atoms with Gasteiger partial charge in [-0.05, 0) is 25.7 Å². The molecule has 0 aromatic heterocycles. The van der Waals surface area contributed by atoms with Crippen LogP contribution in [0.4, 0.5) is 0 Å². The number of likely N-dealkylation sites (tertiary alicyclic amines) is 1. The maximum Gasteiger partial charge on any atom is 0.326 e. The van der Waals surface area contributed by atoms with Crippen LogP contribution in [-0.4, -0.2) is 34.5 Å². The van der Waals surface area contributed by atoms with Crippen LogP contribution in [0.15, 0.2) is 0 Å². The number of carboxylic acid groups (broad SMARTS) is 1. The van der Waals surface area contributed by atoms with E-state index in [9.17, 15) is 9.59 Å². The van der Waals surface area contributed by atoms with E-state index in [0.717, 1.165) is 19.3 Å². The van der Waals surface area contributed by atoms with Gasteiger partial charge in [-0.1, -0.05) is 6.92 Å². The van der Waals surface area contributed by atoms with Crippen LogP contribution in [0.5, 0.6) is 0 Å². The van der Waals surface area contributed by atoms with Gasteiger partial charge < -0.3 is 10.0 Å². The third kappa shape index (κ3) is 1.38. The van der Waals surface area contributed by atoms with Gasteiger partial charge in [0, 0.05) is 12.0 Å². The summed E-state index contributed by atoms with van der Waals surface area (Å²) in [5.74, 6) is -0.817. The van der Waals surface area contributed by atoms with Crippen LogP contribution in [0.25, 0.3) is 0 Å². The second-order valence-electron chi connectivity index (χ2n) is 4.56. The van der Waals surface area contributed by atoms with E-state index >= 15 is 0 Å². The normalized spacial score (nSPS) is 28.9. The molecule has 2 rings (SSSR count). The van der Waals surface area contributed by atoms with Crippen molar-refractivity contribution in [3.63, 3.8) is 0 Å². The molecule has 0 radical (unpaired) electrons. The van der Waals surface area contributed by atoms with Gasteiger partial charge in [0.2, 0.25) is 5.91 Å². The number of amides is 1. The molecule has 1 heterocycles. The lowest BCUT2D eigenvalue weighted by Crippen LogP contribution is -2.43. The smallest absolute Gasteiger partial charge is 0.326 e. The summed E-state index contributed by atoms with van der Waals surface area (Å²) in [5, 5.41) is 8.92. The summed E-state index contributed by atoms with van der Waals surface area (Å²) in [6.07, 6.45) is 3.25. The number of rotatable bonds is 2. The third-order valence-corrected chi connectivity index (χ3v) is 3.32. The van der Waals surface area contributed by atoms with E-state index < -0.39 is 12.0 Å². The Labute approximate surface area is 82.9 Å². The molecule has 4 heteroatoms. The number of hydrogen-bond acceptors (Lipinski definition) is 2. The fourth-order valence-corrected chi connectivity index (χ4v) is 2.01. The number of hydrogen-bond donors (Lipinski definition) is 1. The minimum absolute atomic E-state index is 0.0439. The molecule has 0 spiro atoms. The zero-order chi connectivity index (χ0) is 10.3. The lowest BCUT2D eigenvalue weighted by Gasteiger charge is -2.24. The standard InChI is InChI=1S/C10H15NO3/c1-10(4-5-10)9(14)11-6-2-3-7(11)8(12)13/h7H,2-6H2,1H3,(H,12,13).